The van der Waals surface area contributed by atoms with Gasteiger partial charge in [-0.25, -0.2) is 18.8 Å². The van der Waals surface area contributed by atoms with Gasteiger partial charge in [-0.05, 0) is 5.56 Å². The number of alkyl halides is 2. The zero-order chi connectivity index (χ0) is 18.1. The molecule has 0 amide bonds. The third-order valence-corrected chi connectivity index (χ3v) is 5.03. The Morgan fingerprint density at radius 1 is 1.00 bits per heavy atom. The average molecular weight is 371 g/mol. The standard InChI is InChI=1S/C19H15F2N3OS/c20-17(21)19(25)11-15(13-7-3-1-4-8-13)23-24(19)18-22-16(12-26-18)14-9-5-2-6-10-14/h1-10,12,17,25H,11H2. The lowest BCUT2D eigenvalue weighted by Gasteiger charge is -2.29. The number of hydrogen-bond acceptors (Lipinski definition) is 5. The van der Waals surface area contributed by atoms with Crippen LogP contribution in [0.2, 0.25) is 0 Å². The van der Waals surface area contributed by atoms with E-state index in [1.165, 1.54) is 11.3 Å². The number of aromatic nitrogens is 1. The summed E-state index contributed by atoms with van der Waals surface area (Å²) in [5.74, 6) is 0. The van der Waals surface area contributed by atoms with Crippen LogP contribution in [0.5, 0.6) is 0 Å². The smallest absolute Gasteiger partial charge is 0.287 e. The molecule has 0 radical (unpaired) electrons. The van der Waals surface area contributed by atoms with Crippen molar-refractivity contribution < 1.29 is 13.9 Å². The number of hydrazone groups is 1. The lowest BCUT2D eigenvalue weighted by atomic mass is 10.0. The first-order chi connectivity index (χ1) is 12.6. The van der Waals surface area contributed by atoms with Crippen molar-refractivity contribution in [2.75, 3.05) is 5.01 Å². The van der Waals surface area contributed by atoms with E-state index < -0.39 is 12.2 Å². The normalized spacial score (nSPS) is 19.8. The van der Waals surface area contributed by atoms with Crippen molar-refractivity contribution in [3.63, 3.8) is 0 Å². The van der Waals surface area contributed by atoms with Gasteiger partial charge in [0.1, 0.15) is 0 Å². The number of nitrogens with zero attached hydrogens (tertiary/aromatic N) is 3. The van der Waals surface area contributed by atoms with Gasteiger partial charge in [0, 0.05) is 17.4 Å². The molecule has 1 N–H and O–H groups in total. The van der Waals surface area contributed by atoms with Crippen LogP contribution in [0.25, 0.3) is 11.3 Å². The lowest BCUT2D eigenvalue weighted by molar-refractivity contribution is -0.0866. The van der Waals surface area contributed by atoms with Crippen LogP contribution in [0.1, 0.15) is 12.0 Å². The minimum Gasteiger partial charge on any atom is -0.364 e. The summed E-state index contributed by atoms with van der Waals surface area (Å²) in [5, 5.41) is 17.9. The van der Waals surface area contributed by atoms with E-state index >= 15 is 0 Å². The Bertz CT molecular complexity index is 930. The molecule has 3 aromatic rings. The number of hydrogen-bond donors (Lipinski definition) is 1. The fourth-order valence-electron chi connectivity index (χ4n) is 2.84. The van der Waals surface area contributed by atoms with Gasteiger partial charge in [-0.1, -0.05) is 60.7 Å². The maximum absolute atomic E-state index is 13.7. The predicted molar refractivity (Wildman–Crippen MR) is 98.6 cm³/mol. The molecule has 1 aliphatic heterocycles. The number of benzene rings is 2. The molecular formula is C19H15F2N3OS. The van der Waals surface area contributed by atoms with E-state index in [-0.39, 0.29) is 11.6 Å². The molecule has 7 heteroatoms. The van der Waals surface area contributed by atoms with Crippen LogP contribution in [0.15, 0.2) is 71.1 Å². The highest BCUT2D eigenvalue weighted by Gasteiger charge is 2.51. The van der Waals surface area contributed by atoms with Crippen LogP contribution in [0, 0.1) is 0 Å². The van der Waals surface area contributed by atoms with E-state index in [0.29, 0.717) is 17.0 Å². The Morgan fingerprint density at radius 2 is 1.62 bits per heavy atom. The molecule has 0 saturated heterocycles. The second kappa shape index (κ2) is 6.59. The summed E-state index contributed by atoms with van der Waals surface area (Å²) in [6.07, 6.45) is -3.26. The van der Waals surface area contributed by atoms with E-state index in [2.05, 4.69) is 10.1 Å². The molecule has 1 atom stereocenters. The van der Waals surface area contributed by atoms with E-state index in [1.807, 2.05) is 36.4 Å². The second-order valence-corrected chi connectivity index (χ2v) is 6.80. The molecule has 132 valence electrons. The van der Waals surface area contributed by atoms with Crippen molar-refractivity contribution >= 4 is 22.2 Å². The summed E-state index contributed by atoms with van der Waals surface area (Å²) in [6.45, 7) is 0. The highest BCUT2D eigenvalue weighted by molar-refractivity contribution is 7.14. The Labute approximate surface area is 153 Å². The number of rotatable bonds is 4. The molecule has 0 saturated carbocycles. The van der Waals surface area contributed by atoms with Gasteiger partial charge >= 0.3 is 0 Å². The summed E-state index contributed by atoms with van der Waals surface area (Å²) >= 11 is 1.17. The molecule has 1 unspecified atom stereocenters. The molecule has 0 spiro atoms. The van der Waals surface area contributed by atoms with Crippen LogP contribution in [-0.2, 0) is 0 Å². The highest BCUT2D eigenvalue weighted by atomic mass is 32.1. The maximum atomic E-state index is 13.7. The monoisotopic (exact) mass is 371 g/mol. The molecule has 4 rings (SSSR count). The molecule has 2 heterocycles. The summed E-state index contributed by atoms with van der Waals surface area (Å²) in [7, 11) is 0. The lowest BCUT2D eigenvalue weighted by Crippen LogP contribution is -2.49. The highest BCUT2D eigenvalue weighted by Crippen LogP contribution is 2.39. The first-order valence-corrected chi connectivity index (χ1v) is 8.90. The first kappa shape index (κ1) is 16.8. The third kappa shape index (κ3) is 2.89. The van der Waals surface area contributed by atoms with Gasteiger partial charge in [-0.2, -0.15) is 5.10 Å². The third-order valence-electron chi connectivity index (χ3n) is 4.21. The molecule has 1 aromatic heterocycles. The number of halogens is 2. The predicted octanol–water partition coefficient (Wildman–Crippen LogP) is 4.38. The molecule has 0 fully saturated rings. The minimum absolute atomic E-state index is 0.234. The zero-order valence-electron chi connectivity index (χ0n) is 13.6. The summed E-state index contributed by atoms with van der Waals surface area (Å²) < 4.78 is 27.4. The van der Waals surface area contributed by atoms with Gasteiger partial charge in [0.2, 0.25) is 10.9 Å². The molecule has 4 nitrogen and oxygen atoms in total. The van der Waals surface area contributed by atoms with Crippen molar-refractivity contribution in [3.05, 3.63) is 71.6 Å². The van der Waals surface area contributed by atoms with E-state index in [0.717, 1.165) is 10.6 Å². The Morgan fingerprint density at radius 3 is 2.23 bits per heavy atom. The summed E-state index contributed by atoms with van der Waals surface area (Å²) in [6, 6.07) is 18.4. The fraction of sp³-hybridized carbons (Fsp3) is 0.158. The van der Waals surface area contributed by atoms with Crippen LogP contribution in [0.4, 0.5) is 13.9 Å². The van der Waals surface area contributed by atoms with Gasteiger partial charge in [0.15, 0.2) is 0 Å². The Balaban J connectivity index is 1.73. The van der Waals surface area contributed by atoms with Gasteiger partial charge in [-0.15, -0.1) is 11.3 Å². The first-order valence-electron chi connectivity index (χ1n) is 8.02. The van der Waals surface area contributed by atoms with Gasteiger partial charge in [0.25, 0.3) is 6.43 Å². The fourth-order valence-corrected chi connectivity index (χ4v) is 3.69. The van der Waals surface area contributed by atoms with E-state index in [1.54, 1.807) is 29.6 Å². The number of anilines is 1. The minimum atomic E-state index is -2.99. The van der Waals surface area contributed by atoms with Crippen molar-refractivity contribution in [2.45, 2.75) is 18.6 Å². The largest absolute Gasteiger partial charge is 0.364 e. The average Bonchev–Trinajstić information content (AvgIpc) is 3.28. The van der Waals surface area contributed by atoms with Gasteiger partial charge in [0.05, 0.1) is 11.4 Å². The SMILES string of the molecule is OC1(C(F)F)CC(c2ccccc2)=NN1c1nc(-c2ccccc2)cs1. The Hall–Kier alpha value is -2.64. The molecular weight excluding hydrogens is 356 g/mol. The van der Waals surface area contributed by atoms with Crippen LogP contribution in [-0.4, -0.2) is 28.0 Å². The van der Waals surface area contributed by atoms with Gasteiger partial charge in [-0.3, -0.25) is 0 Å². The van der Waals surface area contributed by atoms with Crippen LogP contribution in [0.3, 0.4) is 0 Å². The van der Waals surface area contributed by atoms with Crippen LogP contribution < -0.4 is 5.01 Å². The number of thiazole rings is 1. The van der Waals surface area contributed by atoms with Crippen molar-refractivity contribution in [2.24, 2.45) is 5.10 Å². The Kier molecular flexibility index (Phi) is 4.26. The quantitative estimate of drug-likeness (QED) is 0.740. The molecule has 26 heavy (non-hydrogen) atoms. The number of aliphatic hydroxyl groups is 1. The summed E-state index contributed by atoms with van der Waals surface area (Å²) in [4.78, 5) is 4.41. The topological polar surface area (TPSA) is 48.7 Å². The van der Waals surface area contributed by atoms with Crippen LogP contribution >= 0.6 is 11.3 Å². The van der Waals surface area contributed by atoms with Crippen molar-refractivity contribution in [1.82, 2.24) is 4.98 Å². The second-order valence-electron chi connectivity index (χ2n) is 5.96. The van der Waals surface area contributed by atoms with Crippen molar-refractivity contribution in [1.29, 1.82) is 0 Å². The van der Waals surface area contributed by atoms with Gasteiger partial charge < -0.3 is 5.11 Å². The molecule has 1 aliphatic rings. The summed E-state index contributed by atoms with van der Waals surface area (Å²) in [5.41, 5.74) is 0.239. The zero-order valence-corrected chi connectivity index (χ0v) is 14.4. The molecule has 2 aromatic carbocycles. The van der Waals surface area contributed by atoms with E-state index in [4.69, 9.17) is 0 Å². The molecule has 0 bridgehead atoms. The van der Waals surface area contributed by atoms with Crippen molar-refractivity contribution in [3.8, 4) is 11.3 Å². The van der Waals surface area contributed by atoms with E-state index in [9.17, 15) is 13.9 Å². The maximum Gasteiger partial charge on any atom is 0.287 e. The molecule has 0 aliphatic carbocycles.